The molecule has 0 aliphatic heterocycles. The van der Waals surface area contributed by atoms with Crippen LogP contribution in [0.4, 0.5) is 0 Å². The van der Waals surface area contributed by atoms with Crippen molar-refractivity contribution in [1.82, 2.24) is 4.98 Å². The second-order valence-electron chi connectivity index (χ2n) is 3.34. The summed E-state index contributed by atoms with van der Waals surface area (Å²) in [7, 11) is 0. The minimum Gasteiger partial charge on any atom is -0.236 e. The van der Waals surface area contributed by atoms with Crippen LogP contribution in [0.1, 0.15) is 5.56 Å². The highest BCUT2D eigenvalue weighted by Gasteiger charge is 2.03. The molecule has 16 heavy (non-hydrogen) atoms. The molecule has 0 N–H and O–H groups in total. The van der Waals surface area contributed by atoms with Crippen LogP contribution in [0.15, 0.2) is 35.4 Å². The lowest BCUT2D eigenvalue weighted by molar-refractivity contribution is 0.951. The van der Waals surface area contributed by atoms with Crippen molar-refractivity contribution < 1.29 is 0 Å². The number of azide groups is 1. The average Bonchev–Trinajstić information content (AvgIpc) is 2.30. The van der Waals surface area contributed by atoms with Gasteiger partial charge in [-0.1, -0.05) is 34.9 Å². The molecule has 0 aliphatic carbocycles. The molecule has 0 atom stereocenters. The van der Waals surface area contributed by atoms with Crippen LogP contribution in [0.5, 0.6) is 0 Å². The number of hydrogen-bond donors (Lipinski definition) is 0. The summed E-state index contributed by atoms with van der Waals surface area (Å²) in [5, 5.41) is 5.01. The van der Waals surface area contributed by atoms with Crippen molar-refractivity contribution in [2.24, 2.45) is 5.11 Å². The third kappa shape index (κ3) is 2.24. The topological polar surface area (TPSA) is 61.7 Å². The normalized spacial score (nSPS) is 10.1. The summed E-state index contributed by atoms with van der Waals surface area (Å²) >= 11 is 6.04. The van der Waals surface area contributed by atoms with Crippen LogP contribution in [-0.4, -0.2) is 11.5 Å². The average molecular weight is 233 g/mol. The highest BCUT2D eigenvalue weighted by atomic mass is 35.5. The quantitative estimate of drug-likeness (QED) is 0.344. The number of para-hydroxylation sites is 1. The van der Waals surface area contributed by atoms with Crippen LogP contribution in [0.2, 0.25) is 5.15 Å². The Morgan fingerprint density at radius 2 is 2.19 bits per heavy atom. The molecule has 4 nitrogen and oxygen atoms in total. The van der Waals surface area contributed by atoms with Gasteiger partial charge in [0.05, 0.1) is 5.52 Å². The molecule has 0 fully saturated rings. The van der Waals surface area contributed by atoms with E-state index in [9.17, 15) is 0 Å². The summed E-state index contributed by atoms with van der Waals surface area (Å²) in [4.78, 5) is 6.99. The van der Waals surface area contributed by atoms with Crippen molar-refractivity contribution in [2.45, 2.75) is 6.42 Å². The minimum atomic E-state index is 0.399. The molecule has 1 aromatic heterocycles. The van der Waals surface area contributed by atoms with Crippen LogP contribution in [-0.2, 0) is 6.42 Å². The van der Waals surface area contributed by atoms with Crippen molar-refractivity contribution in [3.05, 3.63) is 51.5 Å². The number of benzene rings is 1. The zero-order chi connectivity index (χ0) is 11.4. The largest absolute Gasteiger partial charge is 0.236 e. The Balaban J connectivity index is 2.38. The fourth-order valence-corrected chi connectivity index (χ4v) is 1.77. The van der Waals surface area contributed by atoms with Crippen molar-refractivity contribution in [1.29, 1.82) is 0 Å². The monoisotopic (exact) mass is 232 g/mol. The fraction of sp³-hybridized carbons (Fsp3) is 0.182. The molecule has 0 unspecified atom stereocenters. The first-order valence-electron chi connectivity index (χ1n) is 4.86. The molecule has 0 spiro atoms. The summed E-state index contributed by atoms with van der Waals surface area (Å²) in [6.45, 7) is 0.399. The van der Waals surface area contributed by atoms with Gasteiger partial charge >= 0.3 is 0 Å². The third-order valence-corrected chi connectivity index (χ3v) is 2.62. The van der Waals surface area contributed by atoms with Gasteiger partial charge in [-0.15, -0.1) is 0 Å². The lowest BCUT2D eigenvalue weighted by Gasteiger charge is -2.04. The van der Waals surface area contributed by atoms with E-state index in [1.165, 1.54) is 0 Å². The van der Waals surface area contributed by atoms with E-state index in [0.29, 0.717) is 18.1 Å². The number of fused-ring (bicyclic) bond motifs is 1. The van der Waals surface area contributed by atoms with E-state index in [1.807, 2.05) is 30.3 Å². The Morgan fingerprint density at radius 3 is 3.00 bits per heavy atom. The van der Waals surface area contributed by atoms with E-state index in [4.69, 9.17) is 17.1 Å². The summed E-state index contributed by atoms with van der Waals surface area (Å²) < 4.78 is 0. The molecule has 0 amide bonds. The molecule has 0 bridgehead atoms. The molecular formula is C11H9ClN4. The second kappa shape index (κ2) is 4.84. The highest BCUT2D eigenvalue weighted by molar-refractivity contribution is 6.30. The van der Waals surface area contributed by atoms with E-state index in [-0.39, 0.29) is 0 Å². The lowest BCUT2D eigenvalue weighted by atomic mass is 10.1. The zero-order valence-corrected chi connectivity index (χ0v) is 9.22. The van der Waals surface area contributed by atoms with E-state index in [0.717, 1.165) is 16.5 Å². The smallest absolute Gasteiger partial charge is 0.132 e. The van der Waals surface area contributed by atoms with Crippen LogP contribution in [0.25, 0.3) is 21.3 Å². The summed E-state index contributed by atoms with van der Waals surface area (Å²) in [5.41, 5.74) is 9.98. The number of aromatic nitrogens is 1. The molecule has 0 saturated carbocycles. The maximum atomic E-state index is 8.20. The van der Waals surface area contributed by atoms with Crippen LogP contribution < -0.4 is 0 Å². The van der Waals surface area contributed by atoms with Gasteiger partial charge in [-0.25, -0.2) is 4.98 Å². The predicted octanol–water partition coefficient (Wildman–Crippen LogP) is 3.74. The van der Waals surface area contributed by atoms with E-state index < -0.39 is 0 Å². The fourth-order valence-electron chi connectivity index (χ4n) is 1.53. The van der Waals surface area contributed by atoms with Gasteiger partial charge in [-0.2, -0.15) is 0 Å². The zero-order valence-electron chi connectivity index (χ0n) is 8.47. The van der Waals surface area contributed by atoms with Crippen molar-refractivity contribution in [3.63, 3.8) is 0 Å². The Labute approximate surface area is 97.5 Å². The third-order valence-electron chi connectivity index (χ3n) is 2.29. The summed E-state index contributed by atoms with van der Waals surface area (Å²) in [6.07, 6.45) is 0.612. The van der Waals surface area contributed by atoms with Crippen LogP contribution in [0.3, 0.4) is 0 Å². The number of pyridine rings is 1. The maximum absolute atomic E-state index is 8.20. The van der Waals surface area contributed by atoms with E-state index in [1.54, 1.807) is 0 Å². The SMILES string of the molecule is [N-]=[N+]=NCCc1cc2ccccc2nc1Cl. The van der Waals surface area contributed by atoms with Crippen molar-refractivity contribution in [3.8, 4) is 0 Å². The molecule has 2 aromatic rings. The standard InChI is InChI=1S/C11H9ClN4/c12-11-9(5-6-14-16-13)7-8-3-1-2-4-10(8)15-11/h1-4,7H,5-6H2. The van der Waals surface area contributed by atoms with Gasteiger partial charge in [-0.3, -0.25) is 0 Å². The first kappa shape index (κ1) is 10.7. The number of nitrogens with zero attached hydrogens (tertiary/aromatic N) is 4. The molecule has 5 heteroatoms. The molecule has 1 heterocycles. The van der Waals surface area contributed by atoms with Gasteiger partial charge in [0.15, 0.2) is 0 Å². The van der Waals surface area contributed by atoms with Gasteiger partial charge < -0.3 is 0 Å². The van der Waals surface area contributed by atoms with E-state index >= 15 is 0 Å². The van der Waals surface area contributed by atoms with Crippen molar-refractivity contribution >= 4 is 22.5 Å². The molecule has 80 valence electrons. The Kier molecular flexibility index (Phi) is 3.25. The first-order chi connectivity index (χ1) is 7.81. The van der Waals surface area contributed by atoms with Gasteiger partial charge in [0.1, 0.15) is 5.15 Å². The van der Waals surface area contributed by atoms with E-state index in [2.05, 4.69) is 15.0 Å². The molecular weight excluding hydrogens is 224 g/mol. The van der Waals surface area contributed by atoms with Gasteiger partial charge in [0.25, 0.3) is 0 Å². The number of rotatable bonds is 3. The van der Waals surface area contributed by atoms with Gasteiger partial charge in [-0.05, 0) is 29.6 Å². The Bertz CT molecular complexity index is 561. The summed E-state index contributed by atoms with van der Waals surface area (Å²) in [6, 6.07) is 9.76. The lowest BCUT2D eigenvalue weighted by Crippen LogP contribution is -1.93. The number of hydrogen-bond acceptors (Lipinski definition) is 2. The van der Waals surface area contributed by atoms with Gasteiger partial charge in [0.2, 0.25) is 0 Å². The first-order valence-corrected chi connectivity index (χ1v) is 5.24. The highest BCUT2D eigenvalue weighted by Crippen LogP contribution is 2.20. The molecule has 0 aliphatic rings. The molecule has 2 rings (SSSR count). The number of halogens is 1. The van der Waals surface area contributed by atoms with Crippen molar-refractivity contribution in [2.75, 3.05) is 6.54 Å². The Hall–Kier alpha value is -1.77. The van der Waals surface area contributed by atoms with Crippen LogP contribution >= 0.6 is 11.6 Å². The second-order valence-corrected chi connectivity index (χ2v) is 3.69. The minimum absolute atomic E-state index is 0.399. The Morgan fingerprint density at radius 1 is 1.38 bits per heavy atom. The summed E-state index contributed by atoms with van der Waals surface area (Å²) in [5.74, 6) is 0. The molecule has 1 aromatic carbocycles. The van der Waals surface area contributed by atoms with Crippen LogP contribution in [0, 0.1) is 0 Å². The molecule has 0 radical (unpaired) electrons. The molecule has 0 saturated heterocycles. The maximum Gasteiger partial charge on any atom is 0.132 e. The van der Waals surface area contributed by atoms with Gasteiger partial charge in [0, 0.05) is 16.8 Å². The predicted molar refractivity (Wildman–Crippen MR) is 64.5 cm³/mol.